The number of amides is 1. The minimum absolute atomic E-state index is 0.0346. The molecule has 1 amide bonds. The van der Waals surface area contributed by atoms with Gasteiger partial charge in [0.1, 0.15) is 12.2 Å². The Morgan fingerprint density at radius 3 is 2.62 bits per heavy atom. The van der Waals surface area contributed by atoms with Crippen molar-refractivity contribution >= 4 is 51.0 Å². The van der Waals surface area contributed by atoms with Crippen molar-refractivity contribution in [2.75, 3.05) is 26.2 Å². The maximum atomic E-state index is 14.0. The van der Waals surface area contributed by atoms with Crippen LogP contribution in [0.3, 0.4) is 0 Å². The fraction of sp³-hybridized carbons (Fsp3) is 0.393. The number of carbonyl (C=O) groups excluding carboxylic acids is 1. The Labute approximate surface area is 226 Å². The van der Waals surface area contributed by atoms with Crippen LogP contribution in [0.4, 0.5) is 0 Å². The molecule has 0 saturated carbocycles. The molecule has 0 spiro atoms. The number of piperidine rings is 1. The van der Waals surface area contributed by atoms with Crippen molar-refractivity contribution in [3.05, 3.63) is 63.0 Å². The van der Waals surface area contributed by atoms with Crippen molar-refractivity contribution in [2.45, 2.75) is 39.8 Å². The minimum atomic E-state index is -0.172. The number of fused-ring (bicyclic) bond motifs is 2. The lowest BCUT2D eigenvalue weighted by atomic mass is 9.99. The smallest absolute Gasteiger partial charge is 0.277 e. The first-order valence-corrected chi connectivity index (χ1v) is 13.6. The quantitative estimate of drug-likeness (QED) is 0.350. The van der Waals surface area contributed by atoms with Gasteiger partial charge in [-0.2, -0.15) is 0 Å². The van der Waals surface area contributed by atoms with Crippen LogP contribution in [0.1, 0.15) is 26.7 Å². The first kappa shape index (κ1) is 25.8. The number of hydrogen-bond donors (Lipinski definition) is 1. The van der Waals surface area contributed by atoms with Crippen LogP contribution in [-0.4, -0.2) is 51.1 Å². The highest BCUT2D eigenvalue weighted by Crippen LogP contribution is 2.32. The summed E-state index contributed by atoms with van der Waals surface area (Å²) < 4.78 is 3.71. The fourth-order valence-corrected chi connectivity index (χ4v) is 5.64. The van der Waals surface area contributed by atoms with Gasteiger partial charge < -0.3 is 19.4 Å². The molecule has 1 aliphatic heterocycles. The number of nitrogens with zero attached hydrogens (tertiary/aromatic N) is 4. The highest BCUT2D eigenvalue weighted by atomic mass is 35.5. The van der Waals surface area contributed by atoms with Crippen LogP contribution >= 0.6 is 23.2 Å². The molecular formula is C28H31Cl2N5O2. The molecule has 5 rings (SSSR count). The molecule has 7 nitrogen and oxygen atoms in total. The number of hydrogen-bond acceptors (Lipinski definition) is 4. The molecule has 1 fully saturated rings. The molecule has 1 atom stereocenters. The summed E-state index contributed by atoms with van der Waals surface area (Å²) >= 11 is 12.7. The van der Waals surface area contributed by atoms with E-state index in [0.29, 0.717) is 57.9 Å². The Hall–Kier alpha value is -2.87. The molecule has 3 heterocycles. The molecule has 194 valence electrons. The summed E-state index contributed by atoms with van der Waals surface area (Å²) in [5.41, 5.74) is 3.06. The average Bonchev–Trinajstić information content (AvgIpc) is 3.26. The molecule has 0 aliphatic carbocycles. The predicted molar refractivity (Wildman–Crippen MR) is 150 cm³/mol. The van der Waals surface area contributed by atoms with Gasteiger partial charge in [0.05, 0.1) is 21.1 Å². The average molecular weight is 540 g/mol. The van der Waals surface area contributed by atoms with Crippen molar-refractivity contribution in [1.82, 2.24) is 24.3 Å². The van der Waals surface area contributed by atoms with E-state index < -0.39 is 0 Å². The van der Waals surface area contributed by atoms with E-state index >= 15 is 0 Å². The van der Waals surface area contributed by atoms with Gasteiger partial charge in [-0.1, -0.05) is 41.4 Å². The Balaban J connectivity index is 1.68. The van der Waals surface area contributed by atoms with Crippen LogP contribution in [0, 0.1) is 5.92 Å². The number of likely N-dealkylation sites (N-methyl/N-ethyl adjacent to an activating group) is 1. The van der Waals surface area contributed by atoms with E-state index in [0.717, 1.165) is 36.8 Å². The third-order valence-corrected chi connectivity index (χ3v) is 8.02. The lowest BCUT2D eigenvalue weighted by Gasteiger charge is -2.24. The molecule has 0 bridgehead atoms. The number of halogens is 2. The second kappa shape index (κ2) is 10.9. The summed E-state index contributed by atoms with van der Waals surface area (Å²) in [5.74, 6) is 0.361. The molecule has 37 heavy (non-hydrogen) atoms. The van der Waals surface area contributed by atoms with Gasteiger partial charge >= 0.3 is 0 Å². The summed E-state index contributed by atoms with van der Waals surface area (Å²) in [6, 6.07) is 11.3. The summed E-state index contributed by atoms with van der Waals surface area (Å²) in [7, 11) is 0. The van der Waals surface area contributed by atoms with Crippen LogP contribution in [-0.2, 0) is 17.9 Å². The second-order valence-corrected chi connectivity index (χ2v) is 10.4. The highest BCUT2D eigenvalue weighted by molar-refractivity contribution is 6.42. The number of nitrogens with one attached hydrogen (secondary N) is 1. The van der Waals surface area contributed by atoms with Gasteiger partial charge in [-0.15, -0.1) is 0 Å². The van der Waals surface area contributed by atoms with Gasteiger partial charge in [0.25, 0.3) is 5.56 Å². The molecule has 2 aromatic carbocycles. The second-order valence-electron chi connectivity index (χ2n) is 9.60. The Bertz CT molecular complexity index is 1520. The molecule has 1 saturated heterocycles. The normalized spacial score (nSPS) is 15.9. The van der Waals surface area contributed by atoms with E-state index in [4.69, 9.17) is 28.2 Å². The van der Waals surface area contributed by atoms with E-state index in [1.165, 1.54) is 0 Å². The first-order chi connectivity index (χ1) is 17.9. The Morgan fingerprint density at radius 2 is 1.89 bits per heavy atom. The molecule has 1 N–H and O–H groups in total. The van der Waals surface area contributed by atoms with Crippen LogP contribution in [0.5, 0.6) is 0 Å². The number of para-hydroxylation sites is 1. The van der Waals surface area contributed by atoms with Gasteiger partial charge in [-0.3, -0.25) is 9.59 Å². The van der Waals surface area contributed by atoms with Crippen molar-refractivity contribution in [1.29, 1.82) is 0 Å². The lowest BCUT2D eigenvalue weighted by Crippen LogP contribution is -2.35. The molecule has 2 aromatic heterocycles. The van der Waals surface area contributed by atoms with Gasteiger partial charge in [0.15, 0.2) is 0 Å². The zero-order valence-electron chi connectivity index (χ0n) is 21.1. The van der Waals surface area contributed by atoms with E-state index in [-0.39, 0.29) is 18.0 Å². The van der Waals surface area contributed by atoms with Crippen molar-refractivity contribution in [3.8, 4) is 11.3 Å². The molecule has 4 aromatic rings. The van der Waals surface area contributed by atoms with Gasteiger partial charge in [0.2, 0.25) is 5.91 Å². The molecule has 0 radical (unpaired) electrons. The largest absolute Gasteiger partial charge is 0.342 e. The maximum absolute atomic E-state index is 14.0. The van der Waals surface area contributed by atoms with Gasteiger partial charge in [0, 0.05) is 42.3 Å². The summed E-state index contributed by atoms with van der Waals surface area (Å²) in [4.78, 5) is 33.6. The monoisotopic (exact) mass is 539 g/mol. The zero-order valence-corrected chi connectivity index (χ0v) is 22.6. The Morgan fingerprint density at radius 1 is 1.14 bits per heavy atom. The zero-order chi connectivity index (χ0) is 26.1. The van der Waals surface area contributed by atoms with Crippen LogP contribution in [0.2, 0.25) is 10.0 Å². The van der Waals surface area contributed by atoms with Crippen molar-refractivity contribution in [2.24, 2.45) is 5.92 Å². The summed E-state index contributed by atoms with van der Waals surface area (Å²) in [5, 5.41) is 5.10. The minimum Gasteiger partial charge on any atom is -0.342 e. The third kappa shape index (κ3) is 5.00. The molecule has 1 unspecified atom stereocenters. The van der Waals surface area contributed by atoms with Crippen molar-refractivity contribution < 1.29 is 4.79 Å². The Kier molecular flexibility index (Phi) is 7.56. The third-order valence-electron chi connectivity index (χ3n) is 7.29. The van der Waals surface area contributed by atoms with Crippen LogP contribution in [0.15, 0.2) is 47.4 Å². The molecule has 9 heteroatoms. The number of aromatic nitrogens is 3. The van der Waals surface area contributed by atoms with E-state index in [9.17, 15) is 9.59 Å². The SMILES string of the molecule is CCN(CC)C(=O)Cn1cc(-c2nc3cc(Cl)c(Cl)cc3n(CC3CCCNC3)c2=O)c2ccccc21. The summed E-state index contributed by atoms with van der Waals surface area (Å²) in [6.45, 7) is 7.87. The van der Waals surface area contributed by atoms with Crippen LogP contribution in [0.25, 0.3) is 33.2 Å². The topological polar surface area (TPSA) is 72.2 Å². The number of benzene rings is 2. The van der Waals surface area contributed by atoms with E-state index in [1.807, 2.05) is 48.9 Å². The van der Waals surface area contributed by atoms with E-state index in [1.54, 1.807) is 21.6 Å². The first-order valence-electron chi connectivity index (χ1n) is 12.9. The molecular weight excluding hydrogens is 509 g/mol. The van der Waals surface area contributed by atoms with E-state index in [2.05, 4.69) is 5.32 Å². The standard InChI is InChI=1S/C28H31Cl2N5O2/c1-3-33(4-2)26(36)17-34-16-20(19-9-5-6-10-24(19)34)27-28(37)35(15-18-8-7-11-31-14-18)25-13-22(30)21(29)12-23(25)32-27/h5-6,9-10,12-13,16,18,31H,3-4,7-8,11,14-15,17H2,1-2H3. The maximum Gasteiger partial charge on any atom is 0.277 e. The van der Waals surface area contributed by atoms with Gasteiger partial charge in [-0.05, 0) is 63.9 Å². The highest BCUT2D eigenvalue weighted by Gasteiger charge is 2.22. The predicted octanol–water partition coefficient (Wildman–Crippen LogP) is 5.19. The van der Waals surface area contributed by atoms with Crippen molar-refractivity contribution in [3.63, 3.8) is 0 Å². The molecule has 1 aliphatic rings. The number of rotatable bonds is 7. The van der Waals surface area contributed by atoms with Crippen LogP contribution < -0.4 is 10.9 Å². The van der Waals surface area contributed by atoms with Gasteiger partial charge in [-0.25, -0.2) is 4.98 Å². The lowest BCUT2D eigenvalue weighted by molar-refractivity contribution is -0.131. The number of carbonyl (C=O) groups is 1. The fourth-order valence-electron chi connectivity index (χ4n) is 5.32. The summed E-state index contributed by atoms with van der Waals surface area (Å²) in [6.07, 6.45) is 4.01.